The molecule has 2 aromatic rings. The second kappa shape index (κ2) is 8.56. The van der Waals surface area contributed by atoms with E-state index < -0.39 is 0 Å². The number of piperidine rings is 1. The van der Waals surface area contributed by atoms with Crippen LogP contribution in [0.4, 0.5) is 5.95 Å². The highest BCUT2D eigenvalue weighted by atomic mass is 16.5. The molecule has 26 heavy (non-hydrogen) atoms. The van der Waals surface area contributed by atoms with E-state index in [-0.39, 0.29) is 6.10 Å². The number of nitrogens with zero attached hydrogens (tertiary/aromatic N) is 5. The summed E-state index contributed by atoms with van der Waals surface area (Å²) in [7, 11) is 0. The highest BCUT2D eigenvalue weighted by molar-refractivity contribution is 5.30. The van der Waals surface area contributed by atoms with Crippen LogP contribution in [-0.2, 0) is 17.9 Å². The largest absolute Gasteiger partial charge is 0.371 e. The summed E-state index contributed by atoms with van der Waals surface area (Å²) in [6, 6.07) is 5.95. The molecule has 0 unspecified atom stereocenters. The Morgan fingerprint density at radius 2 is 1.85 bits per heavy atom. The zero-order chi connectivity index (χ0) is 17.6. The Morgan fingerprint density at radius 3 is 2.62 bits per heavy atom. The van der Waals surface area contributed by atoms with Gasteiger partial charge in [-0.05, 0) is 44.4 Å². The third-order valence-corrected chi connectivity index (χ3v) is 5.14. The first-order valence-corrected chi connectivity index (χ1v) is 9.66. The molecule has 4 rings (SSSR count). The van der Waals surface area contributed by atoms with E-state index in [0.29, 0.717) is 6.61 Å². The molecular weight excluding hydrogens is 326 g/mol. The van der Waals surface area contributed by atoms with Crippen molar-refractivity contribution in [2.45, 2.75) is 44.9 Å². The van der Waals surface area contributed by atoms with Crippen molar-refractivity contribution in [3.63, 3.8) is 0 Å². The Bertz CT molecular complexity index is 672. The molecule has 6 nitrogen and oxygen atoms in total. The molecule has 0 N–H and O–H groups in total. The summed E-state index contributed by atoms with van der Waals surface area (Å²) in [5.74, 6) is 0.876. The molecule has 2 saturated heterocycles. The van der Waals surface area contributed by atoms with Crippen LogP contribution in [0.25, 0.3) is 0 Å². The van der Waals surface area contributed by atoms with Crippen LogP contribution < -0.4 is 4.90 Å². The Kier molecular flexibility index (Phi) is 5.72. The van der Waals surface area contributed by atoms with Crippen LogP contribution in [0.1, 0.15) is 36.9 Å². The fraction of sp³-hybridized carbons (Fsp3) is 0.550. The minimum Gasteiger partial charge on any atom is -0.371 e. The molecule has 0 aromatic carbocycles. The lowest BCUT2D eigenvalue weighted by molar-refractivity contribution is -0.0133. The normalized spacial score (nSPS) is 21.2. The first kappa shape index (κ1) is 17.4. The molecule has 1 atom stereocenters. The summed E-state index contributed by atoms with van der Waals surface area (Å²) in [4.78, 5) is 18.2. The van der Waals surface area contributed by atoms with Gasteiger partial charge in [0.2, 0.25) is 5.95 Å². The topological polar surface area (TPSA) is 54.4 Å². The average molecular weight is 353 g/mol. The Labute approximate surface area is 155 Å². The van der Waals surface area contributed by atoms with Gasteiger partial charge in [-0.1, -0.05) is 6.07 Å². The zero-order valence-electron chi connectivity index (χ0n) is 15.3. The Hall–Kier alpha value is -2.05. The maximum absolute atomic E-state index is 6.08. The summed E-state index contributed by atoms with van der Waals surface area (Å²) in [5.41, 5.74) is 2.17. The van der Waals surface area contributed by atoms with Crippen molar-refractivity contribution in [1.29, 1.82) is 0 Å². The van der Waals surface area contributed by atoms with Crippen LogP contribution in [0.3, 0.4) is 0 Å². The van der Waals surface area contributed by atoms with Crippen molar-refractivity contribution >= 4 is 5.95 Å². The lowest BCUT2D eigenvalue weighted by Crippen LogP contribution is -2.39. The van der Waals surface area contributed by atoms with E-state index in [1.54, 1.807) is 0 Å². The predicted octanol–water partition coefficient (Wildman–Crippen LogP) is 2.65. The highest BCUT2D eigenvalue weighted by Gasteiger charge is 2.21. The number of likely N-dealkylation sites (tertiary alicyclic amines) is 1. The van der Waals surface area contributed by atoms with Gasteiger partial charge in [-0.2, -0.15) is 0 Å². The molecule has 4 heterocycles. The van der Waals surface area contributed by atoms with Crippen molar-refractivity contribution in [2.24, 2.45) is 0 Å². The van der Waals surface area contributed by atoms with Gasteiger partial charge in [-0.15, -0.1) is 0 Å². The van der Waals surface area contributed by atoms with E-state index in [9.17, 15) is 0 Å². The molecule has 0 amide bonds. The van der Waals surface area contributed by atoms with Crippen molar-refractivity contribution < 1.29 is 4.74 Å². The summed E-state index contributed by atoms with van der Waals surface area (Å²) in [6.45, 7) is 5.72. The molecule has 2 aliphatic heterocycles. The Balaban J connectivity index is 1.27. The minimum atomic E-state index is 0.274. The molecule has 2 fully saturated rings. The van der Waals surface area contributed by atoms with Crippen molar-refractivity contribution in [3.8, 4) is 0 Å². The van der Waals surface area contributed by atoms with Crippen LogP contribution >= 0.6 is 0 Å². The average Bonchev–Trinajstić information content (AvgIpc) is 3.23. The van der Waals surface area contributed by atoms with E-state index in [1.165, 1.54) is 24.8 Å². The summed E-state index contributed by atoms with van der Waals surface area (Å²) in [5, 5.41) is 0. The maximum Gasteiger partial charge on any atom is 0.225 e. The molecule has 0 radical (unpaired) electrons. The summed E-state index contributed by atoms with van der Waals surface area (Å²) < 4.78 is 6.08. The van der Waals surface area contributed by atoms with Crippen LogP contribution in [-0.4, -0.2) is 52.1 Å². The highest BCUT2D eigenvalue weighted by Crippen LogP contribution is 2.18. The SMILES string of the molecule is c1ccc(CO[C@H]2CCCN(Cc3cnc(N4CCCC4)nc3)C2)nc1. The second-order valence-corrected chi connectivity index (χ2v) is 7.22. The van der Waals surface area contributed by atoms with Gasteiger partial charge in [0, 0.05) is 50.3 Å². The smallest absolute Gasteiger partial charge is 0.225 e. The number of pyridine rings is 1. The third kappa shape index (κ3) is 4.56. The molecule has 2 aromatic heterocycles. The van der Waals surface area contributed by atoms with Gasteiger partial charge >= 0.3 is 0 Å². The van der Waals surface area contributed by atoms with Gasteiger partial charge in [-0.3, -0.25) is 9.88 Å². The van der Waals surface area contributed by atoms with Crippen LogP contribution in [0.2, 0.25) is 0 Å². The van der Waals surface area contributed by atoms with E-state index >= 15 is 0 Å². The molecule has 138 valence electrons. The number of hydrogen-bond donors (Lipinski definition) is 0. The standard InChI is InChI=1S/C20H27N5O/c1-2-8-21-18(6-1)16-26-19-7-5-9-24(15-19)14-17-12-22-20(23-13-17)25-10-3-4-11-25/h1-2,6,8,12-13,19H,3-5,7,9-11,14-16H2/t19-/m0/s1. The van der Waals surface area contributed by atoms with Crippen LogP contribution in [0.15, 0.2) is 36.8 Å². The quantitative estimate of drug-likeness (QED) is 0.796. The molecular formula is C20H27N5O. The molecule has 0 aliphatic carbocycles. The van der Waals surface area contributed by atoms with E-state index in [2.05, 4.69) is 24.8 Å². The van der Waals surface area contributed by atoms with Gasteiger partial charge in [0.1, 0.15) is 0 Å². The van der Waals surface area contributed by atoms with Crippen LogP contribution in [0.5, 0.6) is 0 Å². The number of hydrogen-bond acceptors (Lipinski definition) is 6. The first-order chi connectivity index (χ1) is 12.9. The summed E-state index contributed by atoms with van der Waals surface area (Å²) >= 11 is 0. The predicted molar refractivity (Wildman–Crippen MR) is 101 cm³/mol. The molecule has 0 bridgehead atoms. The van der Waals surface area contributed by atoms with E-state index in [4.69, 9.17) is 4.74 Å². The summed E-state index contributed by atoms with van der Waals surface area (Å²) in [6.07, 6.45) is 10.8. The van der Waals surface area contributed by atoms with Gasteiger partial charge < -0.3 is 9.64 Å². The van der Waals surface area contributed by atoms with Crippen molar-refractivity contribution in [1.82, 2.24) is 19.9 Å². The third-order valence-electron chi connectivity index (χ3n) is 5.14. The molecule has 6 heteroatoms. The number of aromatic nitrogens is 3. The van der Waals surface area contributed by atoms with Gasteiger partial charge in [0.05, 0.1) is 18.4 Å². The lowest BCUT2D eigenvalue weighted by atomic mass is 10.1. The lowest BCUT2D eigenvalue weighted by Gasteiger charge is -2.32. The van der Waals surface area contributed by atoms with Crippen molar-refractivity contribution in [2.75, 3.05) is 31.1 Å². The molecule has 2 aliphatic rings. The number of ether oxygens (including phenoxy) is 1. The minimum absolute atomic E-state index is 0.274. The molecule has 0 spiro atoms. The van der Waals surface area contributed by atoms with E-state index in [0.717, 1.165) is 50.8 Å². The van der Waals surface area contributed by atoms with Gasteiger partial charge in [0.15, 0.2) is 0 Å². The fourth-order valence-corrected chi connectivity index (χ4v) is 3.75. The Morgan fingerprint density at radius 1 is 1.00 bits per heavy atom. The number of rotatable bonds is 6. The van der Waals surface area contributed by atoms with Crippen molar-refractivity contribution in [3.05, 3.63) is 48.0 Å². The molecule has 0 saturated carbocycles. The zero-order valence-corrected chi connectivity index (χ0v) is 15.3. The monoisotopic (exact) mass is 353 g/mol. The van der Waals surface area contributed by atoms with Crippen LogP contribution in [0, 0.1) is 0 Å². The van der Waals surface area contributed by atoms with Gasteiger partial charge in [0.25, 0.3) is 0 Å². The maximum atomic E-state index is 6.08. The van der Waals surface area contributed by atoms with Gasteiger partial charge in [-0.25, -0.2) is 9.97 Å². The number of anilines is 1. The second-order valence-electron chi connectivity index (χ2n) is 7.22. The fourth-order valence-electron chi connectivity index (χ4n) is 3.75. The first-order valence-electron chi connectivity index (χ1n) is 9.66. The van der Waals surface area contributed by atoms with E-state index in [1.807, 2.05) is 36.8 Å².